The van der Waals surface area contributed by atoms with Crippen LogP contribution in [0.15, 0.2) is 17.8 Å². The molecule has 0 saturated carbocycles. The number of allylic oxidation sites excluding steroid dienone is 1. The number of aromatic nitrogens is 1. The van der Waals surface area contributed by atoms with Crippen molar-refractivity contribution < 1.29 is 14.3 Å². The molecule has 2 saturated heterocycles. The van der Waals surface area contributed by atoms with E-state index in [1.54, 1.807) is 13.3 Å². The summed E-state index contributed by atoms with van der Waals surface area (Å²) in [5.74, 6) is 2.64. The summed E-state index contributed by atoms with van der Waals surface area (Å²) < 4.78 is 5.67. The van der Waals surface area contributed by atoms with E-state index in [9.17, 15) is 9.59 Å². The van der Waals surface area contributed by atoms with Crippen molar-refractivity contribution in [3.63, 3.8) is 0 Å². The van der Waals surface area contributed by atoms with Crippen LogP contribution in [0.1, 0.15) is 67.1 Å². The molecule has 0 aromatic carbocycles. The maximum atomic E-state index is 12.9. The Labute approximate surface area is 191 Å². The topological polar surface area (TPSA) is 62.7 Å². The first kappa shape index (κ1) is 22.7. The highest BCUT2D eigenvalue weighted by Gasteiger charge is 2.35. The number of rotatable bonds is 7. The van der Waals surface area contributed by atoms with Crippen molar-refractivity contribution in [1.82, 2.24) is 14.8 Å². The van der Waals surface area contributed by atoms with Crippen LogP contribution in [0.2, 0.25) is 0 Å². The second-order valence-corrected chi connectivity index (χ2v) is 9.41. The normalized spacial score (nSPS) is 20.9. The molecule has 4 rings (SSSR count). The van der Waals surface area contributed by atoms with E-state index in [4.69, 9.17) is 11.2 Å². The molecule has 0 radical (unpaired) electrons. The number of pyridine rings is 1. The van der Waals surface area contributed by atoms with Crippen molar-refractivity contribution in [3.8, 4) is 12.3 Å². The number of terminal acetylenes is 1. The molecule has 6 heteroatoms. The van der Waals surface area contributed by atoms with E-state index in [1.165, 1.54) is 12.8 Å². The number of piperidine rings is 1. The molecule has 1 aromatic rings. The van der Waals surface area contributed by atoms with Crippen molar-refractivity contribution in [2.24, 2.45) is 0 Å². The molecule has 0 spiro atoms. The van der Waals surface area contributed by atoms with Crippen molar-refractivity contribution in [1.29, 1.82) is 0 Å². The monoisotopic (exact) mass is 435 g/mol. The third-order valence-corrected chi connectivity index (χ3v) is 7.25. The summed E-state index contributed by atoms with van der Waals surface area (Å²) >= 11 is 0. The molecular weight excluding hydrogens is 402 g/mol. The van der Waals surface area contributed by atoms with E-state index in [0.29, 0.717) is 17.7 Å². The van der Waals surface area contributed by atoms with Gasteiger partial charge in [0, 0.05) is 44.8 Å². The molecule has 1 aromatic heterocycles. The van der Waals surface area contributed by atoms with Crippen molar-refractivity contribution >= 4 is 17.3 Å². The molecule has 2 fully saturated rings. The summed E-state index contributed by atoms with van der Waals surface area (Å²) in [5.41, 5.74) is 3.23. The van der Waals surface area contributed by atoms with Gasteiger partial charge >= 0.3 is 0 Å². The number of ether oxygens (including phenoxy) is 1. The van der Waals surface area contributed by atoms with Gasteiger partial charge in [-0.3, -0.25) is 14.6 Å². The average Bonchev–Trinajstić information content (AvgIpc) is 3.32. The minimum Gasteiger partial charge on any atom is -0.378 e. The van der Waals surface area contributed by atoms with Crippen molar-refractivity contribution in [2.75, 3.05) is 39.8 Å². The predicted molar refractivity (Wildman–Crippen MR) is 124 cm³/mol. The van der Waals surface area contributed by atoms with Gasteiger partial charge in [0.25, 0.3) is 0 Å². The Kier molecular flexibility index (Phi) is 6.78. The van der Waals surface area contributed by atoms with Gasteiger partial charge in [0.05, 0.1) is 16.9 Å². The minimum atomic E-state index is -0.163. The maximum absolute atomic E-state index is 12.9. The van der Waals surface area contributed by atoms with Gasteiger partial charge in [0.15, 0.2) is 11.6 Å². The standard InChI is InChI=1S/C26H33N3O3/c1-4-20-24(31)16-19-18-27-22(23(30)8-7-13-28-11-5-6-12-28)17-21(19)25(20)29-14-9-26(2,32-3)10-15-29/h1,17-18H,5-16H2,2-3H3. The van der Waals surface area contributed by atoms with Gasteiger partial charge in [-0.25, -0.2) is 0 Å². The number of carbonyl (C=O) groups is 2. The van der Waals surface area contributed by atoms with E-state index in [1.807, 2.05) is 6.07 Å². The summed E-state index contributed by atoms with van der Waals surface area (Å²) in [6, 6.07) is 1.86. The largest absolute Gasteiger partial charge is 0.378 e. The number of Topliss-reactive ketones (excluding diaryl/α,β-unsaturated/α-hetero) is 2. The lowest BCUT2D eigenvalue weighted by Crippen LogP contribution is -2.43. The molecule has 0 N–H and O–H groups in total. The smallest absolute Gasteiger partial charge is 0.181 e. The molecule has 3 aliphatic rings. The molecule has 0 unspecified atom stereocenters. The Morgan fingerprint density at radius 3 is 2.62 bits per heavy atom. The van der Waals surface area contributed by atoms with Gasteiger partial charge < -0.3 is 14.5 Å². The second kappa shape index (κ2) is 9.56. The summed E-state index contributed by atoms with van der Waals surface area (Å²) in [5, 5.41) is 0. The van der Waals surface area contributed by atoms with Gasteiger partial charge in [-0.05, 0) is 70.3 Å². The van der Waals surface area contributed by atoms with E-state index in [-0.39, 0.29) is 23.6 Å². The Balaban J connectivity index is 1.55. The highest BCUT2D eigenvalue weighted by atomic mass is 16.5. The van der Waals surface area contributed by atoms with Gasteiger partial charge in [-0.2, -0.15) is 0 Å². The number of carbonyl (C=O) groups excluding carboxylic acids is 2. The molecule has 3 heterocycles. The maximum Gasteiger partial charge on any atom is 0.181 e. The Morgan fingerprint density at radius 2 is 1.97 bits per heavy atom. The van der Waals surface area contributed by atoms with Gasteiger partial charge in [-0.1, -0.05) is 5.92 Å². The first-order valence-corrected chi connectivity index (χ1v) is 11.7. The van der Waals surface area contributed by atoms with Crippen LogP contribution in [0, 0.1) is 12.3 Å². The first-order valence-electron chi connectivity index (χ1n) is 11.7. The molecule has 0 atom stereocenters. The lowest BCUT2D eigenvalue weighted by molar-refractivity contribution is -0.114. The molecule has 32 heavy (non-hydrogen) atoms. The number of nitrogens with zero attached hydrogens (tertiary/aromatic N) is 3. The zero-order valence-corrected chi connectivity index (χ0v) is 19.3. The van der Waals surface area contributed by atoms with Crippen LogP contribution in [-0.2, 0) is 16.0 Å². The lowest BCUT2D eigenvalue weighted by atomic mass is 9.86. The van der Waals surface area contributed by atoms with Crippen molar-refractivity contribution in [3.05, 3.63) is 34.7 Å². The van der Waals surface area contributed by atoms with Crippen molar-refractivity contribution in [2.45, 2.75) is 57.5 Å². The third kappa shape index (κ3) is 4.65. The highest BCUT2D eigenvalue weighted by molar-refractivity contribution is 6.10. The molecular formula is C26H33N3O3. The Bertz CT molecular complexity index is 961. The van der Waals surface area contributed by atoms with Crippen LogP contribution >= 0.6 is 0 Å². The van der Waals surface area contributed by atoms with E-state index < -0.39 is 0 Å². The predicted octanol–water partition coefficient (Wildman–Crippen LogP) is 3.11. The lowest BCUT2D eigenvalue weighted by Gasteiger charge is -2.41. The number of hydrogen-bond acceptors (Lipinski definition) is 6. The third-order valence-electron chi connectivity index (χ3n) is 7.25. The van der Waals surface area contributed by atoms with Gasteiger partial charge in [0.2, 0.25) is 0 Å². The van der Waals surface area contributed by atoms with Gasteiger partial charge in [-0.15, -0.1) is 6.42 Å². The average molecular weight is 436 g/mol. The number of methoxy groups -OCH3 is 1. The van der Waals surface area contributed by atoms with Crippen LogP contribution in [0.5, 0.6) is 0 Å². The van der Waals surface area contributed by atoms with E-state index in [2.05, 4.69) is 27.6 Å². The van der Waals surface area contributed by atoms with Gasteiger partial charge in [0.1, 0.15) is 5.69 Å². The SMILES string of the molecule is C#CC1=C(N2CCC(C)(OC)CC2)c2cc(C(=O)CCCN3CCCC3)ncc2CC1=O. The van der Waals surface area contributed by atoms with Crippen LogP contribution in [0.4, 0.5) is 0 Å². The van der Waals surface area contributed by atoms with Crippen LogP contribution in [-0.4, -0.2) is 71.8 Å². The minimum absolute atomic E-state index is 0.0520. The van der Waals surface area contributed by atoms with Crippen LogP contribution in [0.25, 0.3) is 5.70 Å². The summed E-state index contributed by atoms with van der Waals surface area (Å²) in [6.45, 7) is 6.85. The zero-order chi connectivity index (χ0) is 22.7. The Morgan fingerprint density at radius 1 is 1.25 bits per heavy atom. The molecule has 2 aliphatic heterocycles. The fourth-order valence-electron chi connectivity index (χ4n) is 5.01. The fourth-order valence-corrected chi connectivity index (χ4v) is 5.01. The fraction of sp³-hybridized carbons (Fsp3) is 0.577. The van der Waals surface area contributed by atoms with E-state index in [0.717, 1.165) is 68.8 Å². The zero-order valence-electron chi connectivity index (χ0n) is 19.3. The molecule has 170 valence electrons. The molecule has 0 amide bonds. The number of ketones is 2. The Hall–Kier alpha value is -2.49. The first-order chi connectivity index (χ1) is 15.4. The quantitative estimate of drug-likeness (QED) is 0.484. The molecule has 6 nitrogen and oxygen atoms in total. The molecule has 0 bridgehead atoms. The summed E-state index contributed by atoms with van der Waals surface area (Å²) in [6.07, 6.45) is 13.2. The number of hydrogen-bond donors (Lipinski definition) is 0. The number of likely N-dealkylation sites (tertiary alicyclic amines) is 2. The summed E-state index contributed by atoms with van der Waals surface area (Å²) in [7, 11) is 1.74. The number of fused-ring (bicyclic) bond motifs is 1. The second-order valence-electron chi connectivity index (χ2n) is 9.41. The molecule has 1 aliphatic carbocycles. The van der Waals surface area contributed by atoms with Crippen LogP contribution < -0.4 is 0 Å². The summed E-state index contributed by atoms with van der Waals surface area (Å²) in [4.78, 5) is 34.7. The van der Waals surface area contributed by atoms with Crippen LogP contribution in [0.3, 0.4) is 0 Å². The van der Waals surface area contributed by atoms with E-state index >= 15 is 0 Å². The highest BCUT2D eigenvalue weighted by Crippen LogP contribution is 2.36.